The van der Waals surface area contributed by atoms with Gasteiger partial charge >= 0.3 is 0 Å². The predicted octanol–water partition coefficient (Wildman–Crippen LogP) is 1.71. The van der Waals surface area contributed by atoms with Crippen LogP contribution in [0.3, 0.4) is 0 Å². The Bertz CT molecular complexity index is 190. The molecule has 0 amide bonds. The van der Waals surface area contributed by atoms with Crippen LogP contribution in [0.2, 0.25) is 0 Å². The number of ether oxygens (including phenoxy) is 2. The molecule has 0 aromatic rings. The summed E-state index contributed by atoms with van der Waals surface area (Å²) < 4.78 is 10.7. The molecule has 0 bridgehead atoms. The molecule has 0 aliphatic carbocycles. The van der Waals surface area contributed by atoms with Gasteiger partial charge in [-0.3, -0.25) is 5.32 Å². The van der Waals surface area contributed by atoms with Crippen molar-refractivity contribution < 1.29 is 9.47 Å². The quantitative estimate of drug-likeness (QED) is 0.578. The van der Waals surface area contributed by atoms with Crippen molar-refractivity contribution >= 4 is 0 Å². The van der Waals surface area contributed by atoms with Crippen LogP contribution in [0.4, 0.5) is 0 Å². The van der Waals surface area contributed by atoms with Crippen LogP contribution >= 0.6 is 0 Å². The molecular weight excluding hydrogens is 204 g/mol. The lowest BCUT2D eigenvalue weighted by atomic mass is 10.3. The first-order chi connectivity index (χ1) is 7.70. The number of rotatable bonds is 10. The van der Waals surface area contributed by atoms with Crippen LogP contribution in [-0.2, 0) is 9.47 Å². The highest BCUT2D eigenvalue weighted by molar-refractivity contribution is 4.90. The fraction of sp³-hybridized carbons (Fsp3) is 0.917. The van der Waals surface area contributed by atoms with Crippen LogP contribution in [0.15, 0.2) is 0 Å². The van der Waals surface area contributed by atoms with Gasteiger partial charge in [-0.1, -0.05) is 13.3 Å². The highest BCUT2D eigenvalue weighted by Gasteiger charge is 2.07. The molecule has 0 spiro atoms. The van der Waals surface area contributed by atoms with E-state index in [-0.39, 0.29) is 6.04 Å². The van der Waals surface area contributed by atoms with Crippen molar-refractivity contribution in [3.63, 3.8) is 0 Å². The molecule has 0 saturated carbocycles. The molecule has 1 atom stereocenters. The lowest BCUT2D eigenvalue weighted by molar-refractivity contribution is 0.0423. The Kier molecular flexibility index (Phi) is 10.4. The smallest absolute Gasteiger partial charge is 0.119 e. The van der Waals surface area contributed by atoms with E-state index in [4.69, 9.17) is 14.7 Å². The fourth-order valence-corrected chi connectivity index (χ4v) is 1.19. The first-order valence-corrected chi connectivity index (χ1v) is 6.01. The maximum atomic E-state index is 8.82. The van der Waals surface area contributed by atoms with Crippen molar-refractivity contribution in [2.24, 2.45) is 0 Å². The van der Waals surface area contributed by atoms with E-state index < -0.39 is 0 Å². The molecule has 94 valence electrons. The van der Waals surface area contributed by atoms with Crippen LogP contribution in [0.5, 0.6) is 0 Å². The molecule has 4 nitrogen and oxygen atoms in total. The van der Waals surface area contributed by atoms with Crippen molar-refractivity contribution in [3.8, 4) is 6.07 Å². The summed E-state index contributed by atoms with van der Waals surface area (Å²) in [5, 5.41) is 11.9. The third-order valence-electron chi connectivity index (χ3n) is 1.99. The number of hydrogen-bond acceptors (Lipinski definition) is 4. The van der Waals surface area contributed by atoms with E-state index in [0.717, 1.165) is 19.4 Å². The monoisotopic (exact) mass is 228 g/mol. The molecule has 0 aliphatic rings. The molecule has 0 aromatic carbocycles. The van der Waals surface area contributed by atoms with Crippen molar-refractivity contribution in [2.45, 2.75) is 45.7 Å². The number of nitriles is 1. The Labute approximate surface area is 98.9 Å². The topological polar surface area (TPSA) is 54.3 Å². The van der Waals surface area contributed by atoms with Crippen LogP contribution in [-0.4, -0.2) is 38.5 Å². The van der Waals surface area contributed by atoms with E-state index >= 15 is 0 Å². The SMILES string of the molecule is CCCCOCCOCC(C#N)NC(C)C. The standard InChI is InChI=1S/C12H24N2O2/c1-4-5-6-15-7-8-16-10-12(9-13)14-11(2)3/h11-12,14H,4-8,10H2,1-3H3. The molecule has 0 saturated heterocycles. The van der Waals surface area contributed by atoms with Gasteiger partial charge in [-0.2, -0.15) is 5.26 Å². The Balaban J connectivity index is 3.32. The fourth-order valence-electron chi connectivity index (χ4n) is 1.19. The number of unbranched alkanes of at least 4 members (excludes halogenated alkanes) is 1. The minimum absolute atomic E-state index is 0.226. The average Bonchev–Trinajstić information content (AvgIpc) is 2.25. The maximum absolute atomic E-state index is 8.82. The second-order valence-corrected chi connectivity index (χ2v) is 4.04. The Morgan fingerprint density at radius 3 is 2.44 bits per heavy atom. The predicted molar refractivity (Wildman–Crippen MR) is 64.2 cm³/mol. The van der Waals surface area contributed by atoms with Gasteiger partial charge < -0.3 is 9.47 Å². The summed E-state index contributed by atoms with van der Waals surface area (Å²) in [4.78, 5) is 0. The third-order valence-corrected chi connectivity index (χ3v) is 1.99. The third kappa shape index (κ3) is 9.91. The second kappa shape index (κ2) is 10.9. The van der Waals surface area contributed by atoms with Gasteiger partial charge in [0.2, 0.25) is 0 Å². The number of hydrogen-bond donors (Lipinski definition) is 1. The Morgan fingerprint density at radius 2 is 1.88 bits per heavy atom. The van der Waals surface area contributed by atoms with Gasteiger partial charge in [0.15, 0.2) is 0 Å². The van der Waals surface area contributed by atoms with Crippen LogP contribution in [0, 0.1) is 11.3 Å². The summed E-state index contributed by atoms with van der Waals surface area (Å²) >= 11 is 0. The summed E-state index contributed by atoms with van der Waals surface area (Å²) in [6.45, 7) is 8.55. The van der Waals surface area contributed by atoms with Gasteiger partial charge in [0, 0.05) is 12.6 Å². The Hall–Kier alpha value is -0.630. The number of nitrogens with zero attached hydrogens (tertiary/aromatic N) is 1. The van der Waals surface area contributed by atoms with Crippen LogP contribution in [0.25, 0.3) is 0 Å². The molecule has 0 rings (SSSR count). The minimum atomic E-state index is -0.226. The van der Waals surface area contributed by atoms with E-state index in [1.54, 1.807) is 0 Å². The molecule has 0 aromatic heterocycles. The molecule has 16 heavy (non-hydrogen) atoms. The lowest BCUT2D eigenvalue weighted by Crippen LogP contribution is -2.37. The van der Waals surface area contributed by atoms with Crippen molar-refractivity contribution in [1.82, 2.24) is 5.32 Å². The van der Waals surface area contributed by atoms with Gasteiger partial charge in [0.25, 0.3) is 0 Å². The van der Waals surface area contributed by atoms with E-state index in [1.807, 2.05) is 13.8 Å². The van der Waals surface area contributed by atoms with E-state index in [0.29, 0.717) is 25.9 Å². The number of nitrogens with one attached hydrogen (secondary N) is 1. The van der Waals surface area contributed by atoms with Crippen molar-refractivity contribution in [1.29, 1.82) is 5.26 Å². The normalized spacial score (nSPS) is 12.7. The van der Waals surface area contributed by atoms with Gasteiger partial charge in [-0.15, -0.1) is 0 Å². The minimum Gasteiger partial charge on any atom is -0.379 e. The second-order valence-electron chi connectivity index (χ2n) is 4.04. The lowest BCUT2D eigenvalue weighted by Gasteiger charge is -2.14. The zero-order valence-corrected chi connectivity index (χ0v) is 10.7. The molecule has 0 aliphatic heterocycles. The van der Waals surface area contributed by atoms with Gasteiger partial charge in [-0.25, -0.2) is 0 Å². The van der Waals surface area contributed by atoms with Gasteiger partial charge in [-0.05, 0) is 20.3 Å². The van der Waals surface area contributed by atoms with Gasteiger partial charge in [0.1, 0.15) is 6.04 Å². The molecule has 0 heterocycles. The van der Waals surface area contributed by atoms with Crippen molar-refractivity contribution in [2.75, 3.05) is 26.4 Å². The van der Waals surface area contributed by atoms with Crippen LogP contribution < -0.4 is 5.32 Å². The van der Waals surface area contributed by atoms with Crippen LogP contribution in [0.1, 0.15) is 33.6 Å². The van der Waals surface area contributed by atoms with E-state index in [2.05, 4.69) is 18.3 Å². The molecular formula is C12H24N2O2. The highest BCUT2D eigenvalue weighted by Crippen LogP contribution is 1.90. The van der Waals surface area contributed by atoms with E-state index in [1.165, 1.54) is 0 Å². The zero-order valence-electron chi connectivity index (χ0n) is 10.7. The molecule has 1 unspecified atom stereocenters. The average molecular weight is 228 g/mol. The first-order valence-electron chi connectivity index (χ1n) is 6.01. The summed E-state index contributed by atoms with van der Waals surface area (Å²) in [6, 6.07) is 2.24. The first kappa shape index (κ1) is 15.4. The summed E-state index contributed by atoms with van der Waals surface area (Å²) in [5.74, 6) is 0. The summed E-state index contributed by atoms with van der Waals surface area (Å²) in [7, 11) is 0. The highest BCUT2D eigenvalue weighted by atomic mass is 16.5. The van der Waals surface area contributed by atoms with Crippen molar-refractivity contribution in [3.05, 3.63) is 0 Å². The Morgan fingerprint density at radius 1 is 1.19 bits per heavy atom. The molecule has 0 fully saturated rings. The van der Waals surface area contributed by atoms with Gasteiger partial charge in [0.05, 0.1) is 25.9 Å². The van der Waals surface area contributed by atoms with E-state index in [9.17, 15) is 0 Å². The maximum Gasteiger partial charge on any atom is 0.119 e. The molecule has 4 heteroatoms. The summed E-state index contributed by atoms with van der Waals surface area (Å²) in [6.07, 6.45) is 2.24. The molecule has 0 radical (unpaired) electrons. The summed E-state index contributed by atoms with van der Waals surface area (Å²) in [5.41, 5.74) is 0. The molecule has 1 N–H and O–H groups in total. The zero-order chi connectivity index (χ0) is 12.2. The largest absolute Gasteiger partial charge is 0.379 e.